The lowest BCUT2D eigenvalue weighted by molar-refractivity contribution is -0.133. The first-order chi connectivity index (χ1) is 13.0. The van der Waals surface area contributed by atoms with Gasteiger partial charge in [-0.05, 0) is 30.3 Å². The third-order valence-electron chi connectivity index (χ3n) is 3.57. The summed E-state index contributed by atoms with van der Waals surface area (Å²) < 4.78 is 16.5. The normalized spacial score (nSPS) is 10.3. The van der Waals surface area contributed by atoms with E-state index in [9.17, 15) is 9.59 Å². The standard InChI is InChI=1S/C21H15ClO5/c1-3-20(24)27-21-16-10-9-14(22)11-17(16)18(12-19(21)25-13(2)23)26-15-7-5-4-6-8-15/h3-12H,1H2,2H3. The van der Waals surface area contributed by atoms with E-state index >= 15 is 0 Å². The van der Waals surface area contributed by atoms with Crippen molar-refractivity contribution in [3.63, 3.8) is 0 Å². The highest BCUT2D eigenvalue weighted by atomic mass is 35.5. The van der Waals surface area contributed by atoms with Crippen LogP contribution < -0.4 is 14.2 Å². The molecule has 5 nitrogen and oxygen atoms in total. The van der Waals surface area contributed by atoms with E-state index in [-0.39, 0.29) is 11.5 Å². The SMILES string of the molecule is C=CC(=O)Oc1c(OC(C)=O)cc(Oc2ccccc2)c2cc(Cl)ccc12. The van der Waals surface area contributed by atoms with E-state index in [2.05, 4.69) is 6.58 Å². The number of rotatable bonds is 5. The van der Waals surface area contributed by atoms with Crippen LogP contribution in [0.5, 0.6) is 23.0 Å². The van der Waals surface area contributed by atoms with Crippen molar-refractivity contribution >= 4 is 34.3 Å². The number of hydrogen-bond donors (Lipinski definition) is 0. The third-order valence-corrected chi connectivity index (χ3v) is 3.81. The minimum atomic E-state index is -0.684. The second kappa shape index (κ2) is 7.93. The zero-order valence-corrected chi connectivity index (χ0v) is 15.2. The quantitative estimate of drug-likeness (QED) is 0.340. The monoisotopic (exact) mass is 382 g/mol. The van der Waals surface area contributed by atoms with E-state index < -0.39 is 11.9 Å². The number of benzene rings is 3. The van der Waals surface area contributed by atoms with Gasteiger partial charge in [0.05, 0.1) is 0 Å². The molecule has 0 saturated heterocycles. The number of hydrogen-bond acceptors (Lipinski definition) is 5. The maximum absolute atomic E-state index is 11.8. The van der Waals surface area contributed by atoms with Crippen molar-refractivity contribution in [2.45, 2.75) is 6.92 Å². The van der Waals surface area contributed by atoms with Gasteiger partial charge in [0.2, 0.25) is 0 Å². The van der Waals surface area contributed by atoms with Gasteiger partial charge in [0, 0.05) is 34.9 Å². The molecule has 136 valence electrons. The lowest BCUT2D eigenvalue weighted by Crippen LogP contribution is -2.08. The van der Waals surface area contributed by atoms with Crippen molar-refractivity contribution in [1.82, 2.24) is 0 Å². The Morgan fingerprint density at radius 1 is 0.963 bits per heavy atom. The minimum absolute atomic E-state index is 0.0541. The molecule has 0 amide bonds. The van der Waals surface area contributed by atoms with Crippen molar-refractivity contribution in [2.24, 2.45) is 0 Å². The highest BCUT2D eigenvalue weighted by Gasteiger charge is 2.20. The van der Waals surface area contributed by atoms with Crippen LogP contribution in [0.1, 0.15) is 6.92 Å². The van der Waals surface area contributed by atoms with E-state index in [1.165, 1.54) is 13.0 Å². The van der Waals surface area contributed by atoms with Crippen LogP contribution in [0.4, 0.5) is 0 Å². The van der Waals surface area contributed by atoms with Crippen LogP contribution in [0, 0.1) is 0 Å². The summed E-state index contributed by atoms with van der Waals surface area (Å²) in [6.07, 6.45) is 1.02. The van der Waals surface area contributed by atoms with E-state index in [1.54, 1.807) is 30.3 Å². The fourth-order valence-corrected chi connectivity index (χ4v) is 2.66. The Morgan fingerprint density at radius 2 is 1.70 bits per heavy atom. The van der Waals surface area contributed by atoms with Gasteiger partial charge in [-0.1, -0.05) is 36.4 Å². The number of halogens is 1. The average Bonchev–Trinajstić information content (AvgIpc) is 2.65. The van der Waals surface area contributed by atoms with E-state index in [1.807, 2.05) is 18.2 Å². The summed E-state index contributed by atoms with van der Waals surface area (Å²) in [4.78, 5) is 23.3. The summed E-state index contributed by atoms with van der Waals surface area (Å²) in [5, 5.41) is 1.56. The highest BCUT2D eigenvalue weighted by Crippen LogP contribution is 2.44. The summed E-state index contributed by atoms with van der Waals surface area (Å²) in [6.45, 7) is 4.64. The number of fused-ring (bicyclic) bond motifs is 1. The molecule has 3 aromatic rings. The van der Waals surface area contributed by atoms with Crippen LogP contribution in [0.2, 0.25) is 5.02 Å². The molecule has 0 aliphatic carbocycles. The molecule has 0 bridgehead atoms. The number of carbonyl (C=O) groups is 2. The first kappa shape index (κ1) is 18.5. The first-order valence-corrected chi connectivity index (χ1v) is 8.37. The Morgan fingerprint density at radius 3 is 2.37 bits per heavy atom. The summed E-state index contributed by atoms with van der Waals surface area (Å²) in [5.74, 6) is -0.126. The maximum Gasteiger partial charge on any atom is 0.335 e. The summed E-state index contributed by atoms with van der Waals surface area (Å²) in [5.41, 5.74) is 0. The number of para-hydroxylation sites is 1. The van der Waals surface area contributed by atoms with Gasteiger partial charge in [0.25, 0.3) is 0 Å². The van der Waals surface area contributed by atoms with Crippen molar-refractivity contribution < 1.29 is 23.8 Å². The Hall–Kier alpha value is -3.31. The Labute approximate surface area is 160 Å². The van der Waals surface area contributed by atoms with Gasteiger partial charge in [-0.3, -0.25) is 4.79 Å². The molecule has 0 N–H and O–H groups in total. The van der Waals surface area contributed by atoms with Crippen molar-refractivity contribution in [3.05, 3.63) is 72.3 Å². The molecule has 0 fully saturated rings. The molecular formula is C21H15ClO5. The molecule has 0 heterocycles. The van der Waals surface area contributed by atoms with Crippen LogP contribution in [0.15, 0.2) is 67.3 Å². The molecule has 6 heteroatoms. The van der Waals surface area contributed by atoms with Gasteiger partial charge < -0.3 is 14.2 Å². The zero-order valence-electron chi connectivity index (χ0n) is 14.4. The van der Waals surface area contributed by atoms with Gasteiger partial charge in [0.1, 0.15) is 11.5 Å². The molecule has 0 aromatic heterocycles. The summed E-state index contributed by atoms with van der Waals surface area (Å²) in [6, 6.07) is 15.6. The Balaban J connectivity index is 2.23. The van der Waals surface area contributed by atoms with Crippen molar-refractivity contribution in [1.29, 1.82) is 0 Å². The molecule has 3 rings (SSSR count). The lowest BCUT2D eigenvalue weighted by atomic mass is 10.1. The molecule has 0 atom stereocenters. The zero-order chi connectivity index (χ0) is 19.4. The van der Waals surface area contributed by atoms with Crippen molar-refractivity contribution in [2.75, 3.05) is 0 Å². The average molecular weight is 383 g/mol. The van der Waals surface area contributed by atoms with E-state index in [0.717, 1.165) is 6.08 Å². The van der Waals surface area contributed by atoms with Gasteiger partial charge in [-0.2, -0.15) is 0 Å². The smallest absolute Gasteiger partial charge is 0.335 e. The molecule has 27 heavy (non-hydrogen) atoms. The molecule has 0 aliphatic rings. The van der Waals surface area contributed by atoms with Crippen LogP contribution in [-0.2, 0) is 9.59 Å². The largest absolute Gasteiger partial charge is 0.457 e. The maximum atomic E-state index is 11.8. The first-order valence-electron chi connectivity index (χ1n) is 7.99. The Bertz CT molecular complexity index is 1030. The molecule has 0 radical (unpaired) electrons. The highest BCUT2D eigenvalue weighted by molar-refractivity contribution is 6.31. The van der Waals surface area contributed by atoms with Crippen LogP contribution in [-0.4, -0.2) is 11.9 Å². The predicted octanol–water partition coefficient (Wildman–Crippen LogP) is 5.30. The summed E-state index contributed by atoms with van der Waals surface area (Å²) in [7, 11) is 0. The third kappa shape index (κ3) is 4.27. The fraction of sp³-hybridized carbons (Fsp3) is 0.0476. The number of esters is 2. The van der Waals surface area contributed by atoms with Gasteiger partial charge in [0.15, 0.2) is 11.5 Å². The molecule has 0 saturated carbocycles. The van der Waals surface area contributed by atoms with Gasteiger partial charge >= 0.3 is 11.9 Å². The van der Waals surface area contributed by atoms with Gasteiger partial charge in [-0.15, -0.1) is 0 Å². The molecule has 0 unspecified atom stereocenters. The molecular weight excluding hydrogens is 368 g/mol. The number of ether oxygens (including phenoxy) is 3. The second-order valence-corrected chi connectivity index (χ2v) is 5.96. The van der Waals surface area contributed by atoms with Crippen LogP contribution in [0.3, 0.4) is 0 Å². The molecule has 3 aromatic carbocycles. The lowest BCUT2D eigenvalue weighted by Gasteiger charge is -2.16. The predicted molar refractivity (Wildman–Crippen MR) is 103 cm³/mol. The topological polar surface area (TPSA) is 61.8 Å². The van der Waals surface area contributed by atoms with Crippen LogP contribution >= 0.6 is 11.6 Å². The van der Waals surface area contributed by atoms with E-state index in [4.69, 9.17) is 25.8 Å². The number of carbonyl (C=O) groups excluding carboxylic acids is 2. The summed E-state index contributed by atoms with van der Waals surface area (Å²) >= 11 is 6.14. The van der Waals surface area contributed by atoms with Crippen molar-refractivity contribution in [3.8, 4) is 23.0 Å². The minimum Gasteiger partial charge on any atom is -0.457 e. The molecule has 0 spiro atoms. The second-order valence-electron chi connectivity index (χ2n) is 5.53. The fourth-order valence-electron chi connectivity index (χ4n) is 2.49. The Kier molecular flexibility index (Phi) is 5.43. The molecule has 0 aliphatic heterocycles. The van der Waals surface area contributed by atoms with Gasteiger partial charge in [-0.25, -0.2) is 4.79 Å². The van der Waals surface area contributed by atoms with E-state index in [0.29, 0.717) is 27.3 Å². The van der Waals surface area contributed by atoms with Crippen LogP contribution in [0.25, 0.3) is 10.8 Å².